The van der Waals surface area contributed by atoms with Crippen LogP contribution in [0, 0.1) is 17.8 Å². The average Bonchev–Trinajstić information content (AvgIpc) is 2.04. The molecular formula is C11H21N. The Morgan fingerprint density at radius 1 is 1.08 bits per heavy atom. The van der Waals surface area contributed by atoms with Gasteiger partial charge in [-0.15, -0.1) is 0 Å². The van der Waals surface area contributed by atoms with Crippen molar-refractivity contribution in [3.63, 3.8) is 0 Å². The quantitative estimate of drug-likeness (QED) is 0.584. The van der Waals surface area contributed by atoms with Crippen molar-refractivity contribution < 1.29 is 0 Å². The fourth-order valence-electron chi connectivity index (χ4n) is 3.42. The summed E-state index contributed by atoms with van der Waals surface area (Å²) in [5.41, 5.74) is 0. The lowest BCUT2D eigenvalue weighted by Crippen LogP contribution is -2.48. The number of piperidine rings is 1. The monoisotopic (exact) mass is 167 g/mol. The highest BCUT2D eigenvalue weighted by molar-refractivity contribution is 4.90. The molecule has 1 saturated heterocycles. The third-order valence-electron chi connectivity index (χ3n) is 3.99. The van der Waals surface area contributed by atoms with Crippen molar-refractivity contribution in [2.45, 2.75) is 45.6 Å². The van der Waals surface area contributed by atoms with Gasteiger partial charge in [0.15, 0.2) is 0 Å². The molecule has 1 nitrogen and oxygen atoms in total. The Bertz CT molecular complexity index is 139. The van der Waals surface area contributed by atoms with E-state index in [0.717, 1.165) is 23.8 Å². The van der Waals surface area contributed by atoms with Crippen LogP contribution in [0.4, 0.5) is 0 Å². The van der Waals surface area contributed by atoms with E-state index in [9.17, 15) is 0 Å². The molecule has 0 aromatic heterocycles. The van der Waals surface area contributed by atoms with Gasteiger partial charge in [0.2, 0.25) is 0 Å². The summed E-state index contributed by atoms with van der Waals surface area (Å²) in [6.07, 6.45) is 5.88. The molecule has 2 fully saturated rings. The summed E-state index contributed by atoms with van der Waals surface area (Å²) in [6, 6.07) is 0.777. The second-order valence-electron chi connectivity index (χ2n) is 4.78. The van der Waals surface area contributed by atoms with Gasteiger partial charge in [-0.1, -0.05) is 26.2 Å². The highest BCUT2D eigenvalue weighted by atomic mass is 14.9. The van der Waals surface area contributed by atoms with Gasteiger partial charge in [0.25, 0.3) is 0 Å². The molecule has 0 spiro atoms. The van der Waals surface area contributed by atoms with Crippen LogP contribution in [0.1, 0.15) is 39.5 Å². The zero-order chi connectivity index (χ0) is 8.55. The molecule has 1 saturated carbocycles. The Hall–Kier alpha value is -0.0400. The maximum atomic E-state index is 3.61. The van der Waals surface area contributed by atoms with Crippen molar-refractivity contribution in [2.75, 3.05) is 6.54 Å². The van der Waals surface area contributed by atoms with E-state index in [-0.39, 0.29) is 0 Å². The van der Waals surface area contributed by atoms with Crippen LogP contribution < -0.4 is 5.32 Å². The molecule has 2 rings (SSSR count). The predicted molar refractivity (Wildman–Crippen MR) is 52.1 cm³/mol. The molecule has 0 aromatic rings. The van der Waals surface area contributed by atoms with Crippen molar-refractivity contribution >= 4 is 0 Å². The van der Waals surface area contributed by atoms with E-state index in [1.165, 1.54) is 32.2 Å². The first-order valence-electron chi connectivity index (χ1n) is 5.52. The highest BCUT2D eigenvalue weighted by Gasteiger charge is 2.36. The van der Waals surface area contributed by atoms with Crippen LogP contribution in [0.2, 0.25) is 0 Å². The number of hydrogen-bond acceptors (Lipinski definition) is 1. The summed E-state index contributed by atoms with van der Waals surface area (Å²) in [4.78, 5) is 0. The van der Waals surface area contributed by atoms with Crippen LogP contribution in [0.25, 0.3) is 0 Å². The zero-order valence-electron chi connectivity index (χ0n) is 8.34. The summed E-state index contributed by atoms with van der Waals surface area (Å²) in [7, 11) is 0. The standard InChI is InChI=1S/C11H21N/c1-8-4-3-5-10-6-7-12-9(2)11(8)10/h8-12H,3-7H2,1-2H3. The summed E-state index contributed by atoms with van der Waals surface area (Å²) >= 11 is 0. The number of nitrogens with one attached hydrogen (secondary N) is 1. The first kappa shape index (κ1) is 8.55. The van der Waals surface area contributed by atoms with Crippen LogP contribution >= 0.6 is 0 Å². The number of hydrogen-bond donors (Lipinski definition) is 1. The van der Waals surface area contributed by atoms with E-state index < -0.39 is 0 Å². The van der Waals surface area contributed by atoms with Gasteiger partial charge < -0.3 is 5.32 Å². The summed E-state index contributed by atoms with van der Waals surface area (Å²) < 4.78 is 0. The molecule has 0 bridgehead atoms. The van der Waals surface area contributed by atoms with E-state index in [1.54, 1.807) is 0 Å². The number of fused-ring (bicyclic) bond motifs is 1. The van der Waals surface area contributed by atoms with Crippen LogP contribution in [-0.2, 0) is 0 Å². The zero-order valence-corrected chi connectivity index (χ0v) is 8.34. The van der Waals surface area contributed by atoms with Crippen LogP contribution in [-0.4, -0.2) is 12.6 Å². The van der Waals surface area contributed by atoms with Crippen molar-refractivity contribution in [2.24, 2.45) is 17.8 Å². The third kappa shape index (κ3) is 1.39. The van der Waals surface area contributed by atoms with Gasteiger partial charge >= 0.3 is 0 Å². The normalized spacial score (nSPS) is 48.5. The molecule has 0 amide bonds. The Morgan fingerprint density at radius 3 is 2.67 bits per heavy atom. The molecule has 0 aromatic carbocycles. The van der Waals surface area contributed by atoms with Crippen LogP contribution in [0.3, 0.4) is 0 Å². The molecule has 1 aliphatic carbocycles. The average molecular weight is 167 g/mol. The first-order chi connectivity index (χ1) is 5.79. The molecule has 2 aliphatic rings. The molecule has 4 unspecified atom stereocenters. The van der Waals surface area contributed by atoms with E-state index in [1.807, 2.05) is 0 Å². The largest absolute Gasteiger partial charge is 0.314 e. The van der Waals surface area contributed by atoms with Gasteiger partial charge in [0.1, 0.15) is 0 Å². The van der Waals surface area contributed by atoms with Crippen molar-refractivity contribution in [1.29, 1.82) is 0 Å². The molecule has 1 heterocycles. The Labute approximate surface area is 75.9 Å². The second kappa shape index (κ2) is 3.37. The number of rotatable bonds is 0. The molecule has 4 atom stereocenters. The van der Waals surface area contributed by atoms with Crippen LogP contribution in [0.5, 0.6) is 0 Å². The SMILES string of the molecule is CC1CCCC2CCNC(C)C12. The summed E-state index contributed by atoms with van der Waals surface area (Å²) in [5, 5.41) is 3.61. The molecule has 70 valence electrons. The minimum absolute atomic E-state index is 0.777. The molecule has 0 radical (unpaired) electrons. The molecule has 1 heteroatoms. The Balaban J connectivity index is 2.07. The van der Waals surface area contributed by atoms with E-state index >= 15 is 0 Å². The molecule has 12 heavy (non-hydrogen) atoms. The fraction of sp³-hybridized carbons (Fsp3) is 1.00. The van der Waals surface area contributed by atoms with Gasteiger partial charge in [-0.05, 0) is 37.6 Å². The molecule has 1 N–H and O–H groups in total. The topological polar surface area (TPSA) is 12.0 Å². The van der Waals surface area contributed by atoms with Gasteiger partial charge in [0, 0.05) is 6.04 Å². The lowest BCUT2D eigenvalue weighted by atomic mass is 9.67. The first-order valence-corrected chi connectivity index (χ1v) is 5.52. The lowest BCUT2D eigenvalue weighted by Gasteiger charge is -2.44. The fourth-order valence-corrected chi connectivity index (χ4v) is 3.42. The summed E-state index contributed by atoms with van der Waals surface area (Å²) in [6.45, 7) is 6.08. The molecule has 1 aliphatic heterocycles. The Kier molecular flexibility index (Phi) is 2.40. The van der Waals surface area contributed by atoms with Gasteiger partial charge in [0.05, 0.1) is 0 Å². The van der Waals surface area contributed by atoms with E-state index in [2.05, 4.69) is 19.2 Å². The van der Waals surface area contributed by atoms with Crippen LogP contribution in [0.15, 0.2) is 0 Å². The smallest absolute Gasteiger partial charge is 0.00721 e. The molecular weight excluding hydrogens is 146 g/mol. The van der Waals surface area contributed by atoms with Crippen molar-refractivity contribution in [1.82, 2.24) is 5.32 Å². The van der Waals surface area contributed by atoms with Gasteiger partial charge in [-0.25, -0.2) is 0 Å². The minimum atomic E-state index is 0.777. The van der Waals surface area contributed by atoms with Gasteiger partial charge in [-0.2, -0.15) is 0 Å². The second-order valence-corrected chi connectivity index (χ2v) is 4.78. The highest BCUT2D eigenvalue weighted by Crippen LogP contribution is 2.40. The van der Waals surface area contributed by atoms with Gasteiger partial charge in [-0.3, -0.25) is 0 Å². The van der Waals surface area contributed by atoms with Crippen molar-refractivity contribution in [3.8, 4) is 0 Å². The minimum Gasteiger partial charge on any atom is -0.314 e. The maximum absolute atomic E-state index is 3.61. The maximum Gasteiger partial charge on any atom is 0.00721 e. The summed E-state index contributed by atoms with van der Waals surface area (Å²) in [5.74, 6) is 2.99. The van der Waals surface area contributed by atoms with E-state index in [4.69, 9.17) is 0 Å². The van der Waals surface area contributed by atoms with Crippen molar-refractivity contribution in [3.05, 3.63) is 0 Å². The Morgan fingerprint density at radius 2 is 1.92 bits per heavy atom. The third-order valence-corrected chi connectivity index (χ3v) is 3.99. The lowest BCUT2D eigenvalue weighted by molar-refractivity contribution is 0.0904. The predicted octanol–water partition coefficient (Wildman–Crippen LogP) is 2.42. The van der Waals surface area contributed by atoms with E-state index in [0.29, 0.717) is 0 Å².